The Hall–Kier alpha value is -1.57. The predicted molar refractivity (Wildman–Crippen MR) is 61.7 cm³/mol. The van der Waals surface area contributed by atoms with Crippen molar-refractivity contribution in [3.05, 3.63) is 54.1 Å². The Morgan fingerprint density at radius 3 is 2.67 bits per heavy atom. The van der Waals surface area contributed by atoms with Gasteiger partial charge >= 0.3 is 0 Å². The first-order chi connectivity index (χ1) is 7.36. The second-order valence-corrected chi connectivity index (χ2v) is 3.76. The van der Waals surface area contributed by atoms with Gasteiger partial charge in [-0.15, -0.1) is 0 Å². The SMILES string of the molecule is Cc1nccn1CCCc1ccccc1. The van der Waals surface area contributed by atoms with E-state index in [0.29, 0.717) is 0 Å². The topological polar surface area (TPSA) is 17.8 Å². The smallest absolute Gasteiger partial charge is 0.105 e. The van der Waals surface area contributed by atoms with Crippen LogP contribution in [0, 0.1) is 6.92 Å². The fourth-order valence-electron chi connectivity index (χ4n) is 1.74. The molecular formula is C13H16N2. The summed E-state index contributed by atoms with van der Waals surface area (Å²) in [6, 6.07) is 10.6. The number of aryl methyl sites for hydroxylation is 3. The van der Waals surface area contributed by atoms with Crippen LogP contribution in [0.4, 0.5) is 0 Å². The molecule has 0 amide bonds. The van der Waals surface area contributed by atoms with Crippen LogP contribution in [0.15, 0.2) is 42.7 Å². The molecule has 0 aliphatic heterocycles. The Labute approximate surface area is 90.6 Å². The molecule has 2 aromatic rings. The van der Waals surface area contributed by atoms with Crippen molar-refractivity contribution < 1.29 is 0 Å². The van der Waals surface area contributed by atoms with Crippen LogP contribution in [0.2, 0.25) is 0 Å². The third kappa shape index (κ3) is 2.69. The van der Waals surface area contributed by atoms with Gasteiger partial charge in [0.1, 0.15) is 5.82 Å². The Morgan fingerprint density at radius 2 is 2.00 bits per heavy atom. The van der Waals surface area contributed by atoms with Crippen LogP contribution in [0.25, 0.3) is 0 Å². The number of benzene rings is 1. The second-order valence-electron chi connectivity index (χ2n) is 3.76. The van der Waals surface area contributed by atoms with Gasteiger partial charge in [-0.1, -0.05) is 30.3 Å². The summed E-state index contributed by atoms with van der Waals surface area (Å²) >= 11 is 0. The first-order valence-electron chi connectivity index (χ1n) is 5.38. The van der Waals surface area contributed by atoms with Gasteiger partial charge in [-0.25, -0.2) is 4.98 Å². The second kappa shape index (κ2) is 4.78. The Kier molecular flexibility index (Phi) is 3.18. The van der Waals surface area contributed by atoms with Gasteiger partial charge < -0.3 is 4.57 Å². The Balaban J connectivity index is 1.83. The van der Waals surface area contributed by atoms with Crippen molar-refractivity contribution in [1.82, 2.24) is 9.55 Å². The van der Waals surface area contributed by atoms with Crippen molar-refractivity contribution in [3.63, 3.8) is 0 Å². The summed E-state index contributed by atoms with van der Waals surface area (Å²) in [5.41, 5.74) is 1.41. The maximum Gasteiger partial charge on any atom is 0.105 e. The third-order valence-corrected chi connectivity index (χ3v) is 2.63. The minimum absolute atomic E-state index is 1.06. The molecule has 0 aliphatic rings. The molecule has 0 bridgehead atoms. The van der Waals surface area contributed by atoms with Gasteiger partial charge in [-0.3, -0.25) is 0 Å². The fraction of sp³-hybridized carbons (Fsp3) is 0.308. The van der Waals surface area contributed by atoms with Crippen molar-refractivity contribution in [2.75, 3.05) is 0 Å². The van der Waals surface area contributed by atoms with Gasteiger partial charge in [-0.05, 0) is 25.3 Å². The van der Waals surface area contributed by atoms with E-state index < -0.39 is 0 Å². The lowest BCUT2D eigenvalue weighted by molar-refractivity contribution is 0.626. The number of aromatic nitrogens is 2. The van der Waals surface area contributed by atoms with E-state index in [4.69, 9.17) is 0 Å². The van der Waals surface area contributed by atoms with Crippen molar-refractivity contribution >= 4 is 0 Å². The number of imidazole rings is 1. The molecule has 0 saturated heterocycles. The van der Waals surface area contributed by atoms with Crippen LogP contribution >= 0.6 is 0 Å². The quantitative estimate of drug-likeness (QED) is 0.742. The maximum absolute atomic E-state index is 4.21. The lowest BCUT2D eigenvalue weighted by Crippen LogP contribution is -2.00. The average Bonchev–Trinajstić information content (AvgIpc) is 2.66. The highest BCUT2D eigenvalue weighted by Crippen LogP contribution is 2.04. The first kappa shape index (κ1) is 9.97. The Bertz CT molecular complexity index is 403. The highest BCUT2D eigenvalue weighted by atomic mass is 15.0. The molecule has 0 atom stereocenters. The lowest BCUT2D eigenvalue weighted by Gasteiger charge is -2.04. The normalized spacial score (nSPS) is 10.5. The molecule has 2 rings (SSSR count). The first-order valence-corrected chi connectivity index (χ1v) is 5.38. The third-order valence-electron chi connectivity index (χ3n) is 2.63. The molecule has 0 spiro atoms. The largest absolute Gasteiger partial charge is 0.335 e. The van der Waals surface area contributed by atoms with Crippen LogP contribution in [-0.2, 0) is 13.0 Å². The molecule has 0 saturated carbocycles. The number of hydrogen-bond donors (Lipinski definition) is 0. The van der Waals surface area contributed by atoms with Crippen LogP contribution in [-0.4, -0.2) is 9.55 Å². The molecule has 0 aliphatic carbocycles. The van der Waals surface area contributed by atoms with Gasteiger partial charge in [0.15, 0.2) is 0 Å². The molecule has 0 radical (unpaired) electrons. The molecule has 1 aromatic heterocycles. The highest BCUT2D eigenvalue weighted by Gasteiger charge is 1.96. The van der Waals surface area contributed by atoms with E-state index in [0.717, 1.165) is 18.8 Å². The predicted octanol–water partition coefficient (Wildman–Crippen LogP) is 2.82. The molecule has 0 unspecified atom stereocenters. The van der Waals surface area contributed by atoms with Gasteiger partial charge in [0.2, 0.25) is 0 Å². The minimum Gasteiger partial charge on any atom is -0.335 e. The summed E-state index contributed by atoms with van der Waals surface area (Å²) in [6.45, 7) is 3.10. The standard InChI is InChI=1S/C13H16N2/c1-12-14-9-11-15(12)10-5-8-13-6-3-2-4-7-13/h2-4,6-7,9,11H,5,8,10H2,1H3. The van der Waals surface area contributed by atoms with Gasteiger partial charge in [-0.2, -0.15) is 0 Å². The van der Waals surface area contributed by atoms with Crippen LogP contribution in [0.3, 0.4) is 0 Å². The molecule has 15 heavy (non-hydrogen) atoms. The van der Waals surface area contributed by atoms with E-state index in [1.54, 1.807) is 0 Å². The van der Waals surface area contributed by atoms with Gasteiger partial charge in [0.05, 0.1) is 0 Å². The van der Waals surface area contributed by atoms with E-state index in [1.165, 1.54) is 12.0 Å². The maximum atomic E-state index is 4.21. The van der Waals surface area contributed by atoms with Crippen LogP contribution in [0.1, 0.15) is 17.8 Å². The lowest BCUT2D eigenvalue weighted by atomic mass is 10.1. The van der Waals surface area contributed by atoms with E-state index in [9.17, 15) is 0 Å². The monoisotopic (exact) mass is 200 g/mol. The zero-order valence-corrected chi connectivity index (χ0v) is 9.06. The summed E-state index contributed by atoms with van der Waals surface area (Å²) in [6.07, 6.45) is 6.21. The molecule has 1 heterocycles. The molecule has 2 nitrogen and oxygen atoms in total. The summed E-state index contributed by atoms with van der Waals surface area (Å²) in [4.78, 5) is 4.21. The van der Waals surface area contributed by atoms with Crippen molar-refractivity contribution in [2.24, 2.45) is 0 Å². The summed E-state index contributed by atoms with van der Waals surface area (Å²) in [7, 11) is 0. The van der Waals surface area contributed by atoms with Crippen molar-refractivity contribution in [3.8, 4) is 0 Å². The molecule has 1 aromatic carbocycles. The van der Waals surface area contributed by atoms with E-state index in [-0.39, 0.29) is 0 Å². The van der Waals surface area contributed by atoms with Gasteiger partial charge in [0.25, 0.3) is 0 Å². The summed E-state index contributed by atoms with van der Waals surface area (Å²) in [5.74, 6) is 1.10. The Morgan fingerprint density at radius 1 is 1.20 bits per heavy atom. The zero-order valence-electron chi connectivity index (χ0n) is 9.06. The molecular weight excluding hydrogens is 184 g/mol. The minimum atomic E-state index is 1.06. The molecule has 0 N–H and O–H groups in total. The van der Waals surface area contributed by atoms with Crippen molar-refractivity contribution in [2.45, 2.75) is 26.3 Å². The molecule has 2 heteroatoms. The fourth-order valence-corrected chi connectivity index (χ4v) is 1.74. The summed E-state index contributed by atoms with van der Waals surface area (Å²) in [5, 5.41) is 0. The molecule has 78 valence electrons. The van der Waals surface area contributed by atoms with Gasteiger partial charge in [0, 0.05) is 18.9 Å². The van der Waals surface area contributed by atoms with E-state index in [1.807, 2.05) is 19.3 Å². The highest BCUT2D eigenvalue weighted by molar-refractivity contribution is 5.14. The summed E-state index contributed by atoms with van der Waals surface area (Å²) < 4.78 is 2.20. The van der Waals surface area contributed by atoms with E-state index in [2.05, 4.69) is 39.9 Å². The van der Waals surface area contributed by atoms with Crippen molar-refractivity contribution in [1.29, 1.82) is 0 Å². The number of rotatable bonds is 4. The average molecular weight is 200 g/mol. The number of nitrogens with zero attached hydrogens (tertiary/aromatic N) is 2. The molecule has 0 fully saturated rings. The van der Waals surface area contributed by atoms with Crippen LogP contribution < -0.4 is 0 Å². The van der Waals surface area contributed by atoms with Crippen LogP contribution in [0.5, 0.6) is 0 Å². The van der Waals surface area contributed by atoms with E-state index >= 15 is 0 Å². The zero-order chi connectivity index (χ0) is 10.5. The number of hydrogen-bond acceptors (Lipinski definition) is 1.